The van der Waals surface area contributed by atoms with E-state index in [1.54, 1.807) is 0 Å². The normalized spacial score (nSPS) is 28.9. The van der Waals surface area contributed by atoms with E-state index in [4.69, 9.17) is 0 Å². The van der Waals surface area contributed by atoms with Crippen molar-refractivity contribution in [1.29, 1.82) is 0 Å². The summed E-state index contributed by atoms with van der Waals surface area (Å²) in [5.41, 5.74) is 4.42. The van der Waals surface area contributed by atoms with Gasteiger partial charge in [0.2, 0.25) is 0 Å². The number of aliphatic hydroxyl groups is 2. The van der Waals surface area contributed by atoms with Crippen molar-refractivity contribution in [1.82, 2.24) is 14.9 Å². The lowest BCUT2D eigenvalue weighted by atomic mass is 9.55. The molecule has 242 valence electrons. The molecule has 6 atom stereocenters. The highest BCUT2D eigenvalue weighted by atomic mass is 16.3. The van der Waals surface area contributed by atoms with Crippen molar-refractivity contribution in [3.05, 3.63) is 89.5 Å². The van der Waals surface area contributed by atoms with Gasteiger partial charge in [0.15, 0.2) is 0 Å². The number of phenolic OH excluding ortho intramolecular Hbond substituents is 1. The van der Waals surface area contributed by atoms with E-state index < -0.39 is 6.10 Å². The van der Waals surface area contributed by atoms with E-state index in [0.29, 0.717) is 23.5 Å². The minimum absolute atomic E-state index is 0.0878. The molecule has 2 aromatic heterocycles. The van der Waals surface area contributed by atoms with Crippen LogP contribution in [0.1, 0.15) is 106 Å². The lowest BCUT2D eigenvalue weighted by Crippen LogP contribution is -2.46. The molecule has 1 aromatic carbocycles. The minimum atomic E-state index is -0.439. The number of pyridine rings is 2. The summed E-state index contributed by atoms with van der Waals surface area (Å²) >= 11 is 0. The summed E-state index contributed by atoms with van der Waals surface area (Å²) in [6.45, 7) is 5.10. The highest BCUT2D eigenvalue weighted by Crippen LogP contribution is 2.66. The molecule has 45 heavy (non-hydrogen) atoms. The highest BCUT2D eigenvalue weighted by Gasteiger charge is 2.63. The third-order valence-electron chi connectivity index (χ3n) is 11.9. The molecule has 0 radical (unpaired) electrons. The Morgan fingerprint density at radius 2 is 1.56 bits per heavy atom. The van der Waals surface area contributed by atoms with Crippen LogP contribution in [-0.2, 0) is 19.5 Å². The molecule has 3 N–H and O–H groups in total. The Morgan fingerprint density at radius 1 is 0.867 bits per heavy atom. The van der Waals surface area contributed by atoms with Crippen molar-refractivity contribution < 1.29 is 15.3 Å². The summed E-state index contributed by atoms with van der Waals surface area (Å²) in [7, 11) is 0. The Bertz CT molecular complexity index is 1330. The second kappa shape index (κ2) is 14.3. The van der Waals surface area contributed by atoms with Gasteiger partial charge in [-0.25, -0.2) is 0 Å². The second-order valence-electron chi connectivity index (χ2n) is 14.7. The van der Waals surface area contributed by atoms with E-state index in [1.807, 2.05) is 36.7 Å². The number of hydrogen-bond donors (Lipinski definition) is 3. The zero-order valence-corrected chi connectivity index (χ0v) is 27.2. The van der Waals surface area contributed by atoms with Crippen LogP contribution in [0.5, 0.6) is 5.75 Å². The predicted molar refractivity (Wildman–Crippen MR) is 179 cm³/mol. The summed E-state index contributed by atoms with van der Waals surface area (Å²) in [5.74, 6) is 1.88. The molecule has 0 spiro atoms. The molecule has 0 bridgehead atoms. The molecule has 6 rings (SSSR count). The van der Waals surface area contributed by atoms with Gasteiger partial charge in [-0.2, -0.15) is 0 Å². The van der Waals surface area contributed by atoms with Gasteiger partial charge in [0.1, 0.15) is 5.75 Å². The Kier molecular flexibility index (Phi) is 10.2. The number of unbranched alkanes of at least 4 members (excludes halogenated alkanes) is 5. The van der Waals surface area contributed by atoms with E-state index >= 15 is 0 Å². The number of aromatic hydroxyl groups is 1. The van der Waals surface area contributed by atoms with Crippen molar-refractivity contribution in [2.24, 2.45) is 22.7 Å². The van der Waals surface area contributed by atoms with E-state index in [2.05, 4.69) is 52.1 Å². The molecule has 2 fully saturated rings. The first-order valence-electron chi connectivity index (χ1n) is 17.5. The number of fused-ring (bicyclic) bond motifs is 5. The molecule has 0 unspecified atom stereocenters. The van der Waals surface area contributed by atoms with Crippen LogP contribution >= 0.6 is 0 Å². The van der Waals surface area contributed by atoms with Crippen LogP contribution in [-0.4, -0.2) is 49.4 Å². The van der Waals surface area contributed by atoms with Gasteiger partial charge in [-0.15, -0.1) is 0 Å². The standard InChI is InChI=1S/C39H53N3O3/c1-38-20-18-34-33-17-15-32(44)24-29(33)14-16-35(34)36(38)25-39(28-43,37(38)45)19-8-4-2-3-5-11-23-42(26-30-12-6-9-21-40-30)27-31-13-7-10-22-41-31/h6-7,9-10,12-13,15,17,21-22,24,34-37,43-45H,2-5,8,11,14,16,18-20,23,25-28H2,1H3/t34-,35-,36+,37-,38+,39-/m1/s1. The molecule has 6 nitrogen and oxygen atoms in total. The first kappa shape index (κ1) is 32.2. The van der Waals surface area contributed by atoms with Crippen molar-refractivity contribution >= 4 is 0 Å². The van der Waals surface area contributed by atoms with Crippen molar-refractivity contribution in [3.63, 3.8) is 0 Å². The van der Waals surface area contributed by atoms with Crippen LogP contribution in [0.15, 0.2) is 67.0 Å². The third kappa shape index (κ3) is 6.99. The largest absolute Gasteiger partial charge is 0.508 e. The summed E-state index contributed by atoms with van der Waals surface area (Å²) in [5, 5.41) is 32.6. The first-order chi connectivity index (χ1) is 21.9. The molecule has 6 heteroatoms. The fourth-order valence-electron chi connectivity index (χ4n) is 9.53. The quantitative estimate of drug-likeness (QED) is 0.164. The lowest BCUT2D eigenvalue weighted by Gasteiger charge is -2.50. The maximum atomic E-state index is 11.8. The lowest BCUT2D eigenvalue weighted by molar-refractivity contribution is -0.0715. The van der Waals surface area contributed by atoms with E-state index in [1.165, 1.54) is 30.4 Å². The van der Waals surface area contributed by atoms with E-state index in [9.17, 15) is 15.3 Å². The van der Waals surface area contributed by atoms with Gasteiger partial charge >= 0.3 is 0 Å². The minimum Gasteiger partial charge on any atom is -0.508 e. The third-order valence-corrected chi connectivity index (χ3v) is 11.9. The Morgan fingerprint density at radius 3 is 2.22 bits per heavy atom. The molecular weight excluding hydrogens is 558 g/mol. The van der Waals surface area contributed by atoms with Crippen LogP contribution in [0.2, 0.25) is 0 Å². The Hall–Kier alpha value is -2.80. The molecule has 2 heterocycles. The fourth-order valence-corrected chi connectivity index (χ4v) is 9.53. The molecule has 3 aliphatic carbocycles. The summed E-state index contributed by atoms with van der Waals surface area (Å²) in [6, 6.07) is 18.2. The molecule has 0 saturated heterocycles. The number of aryl methyl sites for hydroxylation is 1. The summed E-state index contributed by atoms with van der Waals surface area (Å²) < 4.78 is 0. The van der Waals surface area contributed by atoms with Gasteiger partial charge in [0.25, 0.3) is 0 Å². The Labute approximate surface area is 270 Å². The Balaban J connectivity index is 0.968. The number of aromatic nitrogens is 2. The number of benzene rings is 1. The number of rotatable bonds is 14. The van der Waals surface area contributed by atoms with E-state index in [-0.39, 0.29) is 17.4 Å². The zero-order valence-electron chi connectivity index (χ0n) is 27.2. The number of hydrogen-bond acceptors (Lipinski definition) is 6. The average Bonchev–Trinajstić information content (AvgIpc) is 3.29. The topological polar surface area (TPSA) is 89.7 Å². The SMILES string of the molecule is C[C@]12CC[C@@H]3c4ccc(O)cc4CC[C@H]3[C@@H]1C[C@@](CO)(CCCCCCCCN(Cc1ccccn1)Cc1ccccn1)[C@@H]2O. The van der Waals surface area contributed by atoms with Gasteiger partial charge in [-0.05, 0) is 122 Å². The maximum absolute atomic E-state index is 11.8. The van der Waals surface area contributed by atoms with Crippen LogP contribution in [0, 0.1) is 22.7 Å². The molecule has 0 aliphatic heterocycles. The second-order valence-corrected chi connectivity index (χ2v) is 14.7. The molecule has 3 aromatic rings. The average molecular weight is 612 g/mol. The molecule has 2 saturated carbocycles. The predicted octanol–water partition coefficient (Wildman–Crippen LogP) is 7.42. The smallest absolute Gasteiger partial charge is 0.115 e. The van der Waals surface area contributed by atoms with Crippen molar-refractivity contribution in [2.45, 2.75) is 109 Å². The highest BCUT2D eigenvalue weighted by molar-refractivity contribution is 5.40. The number of nitrogens with zero attached hydrogens (tertiary/aromatic N) is 3. The molecular formula is C39H53N3O3. The summed E-state index contributed by atoms with van der Waals surface area (Å²) in [4.78, 5) is 11.5. The fraction of sp³-hybridized carbons (Fsp3) is 0.590. The first-order valence-corrected chi connectivity index (χ1v) is 17.5. The molecule has 0 amide bonds. The maximum Gasteiger partial charge on any atom is 0.115 e. The monoisotopic (exact) mass is 611 g/mol. The molecule has 3 aliphatic rings. The van der Waals surface area contributed by atoms with Crippen LogP contribution in [0.4, 0.5) is 0 Å². The van der Waals surface area contributed by atoms with E-state index in [0.717, 1.165) is 88.8 Å². The van der Waals surface area contributed by atoms with Crippen molar-refractivity contribution in [3.8, 4) is 5.75 Å². The van der Waals surface area contributed by atoms with Gasteiger partial charge in [0.05, 0.1) is 24.1 Å². The van der Waals surface area contributed by atoms with Gasteiger partial charge in [-0.3, -0.25) is 14.9 Å². The summed E-state index contributed by atoms with van der Waals surface area (Å²) in [6.07, 6.45) is 16.4. The zero-order chi connectivity index (χ0) is 31.3. The van der Waals surface area contributed by atoms with Gasteiger partial charge in [0, 0.05) is 30.9 Å². The van der Waals surface area contributed by atoms with Crippen molar-refractivity contribution in [2.75, 3.05) is 13.2 Å². The van der Waals surface area contributed by atoms with Gasteiger partial charge < -0.3 is 15.3 Å². The van der Waals surface area contributed by atoms with Crippen LogP contribution < -0.4 is 0 Å². The van der Waals surface area contributed by atoms with Gasteiger partial charge in [-0.1, -0.05) is 57.2 Å². The number of phenols is 1. The van der Waals surface area contributed by atoms with Crippen LogP contribution in [0.25, 0.3) is 0 Å². The number of aliphatic hydroxyl groups excluding tert-OH is 2. The van der Waals surface area contributed by atoms with Crippen LogP contribution in [0.3, 0.4) is 0 Å².